The molecule has 1 fully saturated rings. The summed E-state index contributed by atoms with van der Waals surface area (Å²) < 4.78 is 5.76. The minimum absolute atomic E-state index is 0.0983. The second kappa shape index (κ2) is 7.17. The molecule has 0 unspecified atom stereocenters. The molecule has 4 rings (SSSR count). The van der Waals surface area contributed by atoms with Crippen molar-refractivity contribution in [3.8, 4) is 11.3 Å². The number of nitrogens with zero attached hydrogens (tertiary/aromatic N) is 4. The van der Waals surface area contributed by atoms with E-state index >= 15 is 0 Å². The second-order valence-corrected chi connectivity index (χ2v) is 6.44. The summed E-state index contributed by atoms with van der Waals surface area (Å²) in [5.74, 6) is 1.60. The Balaban J connectivity index is 1.42. The van der Waals surface area contributed by atoms with Crippen LogP contribution < -0.4 is 4.90 Å². The molecule has 0 bridgehead atoms. The Bertz CT molecular complexity index is 887. The highest BCUT2D eigenvalue weighted by Crippen LogP contribution is 2.24. The van der Waals surface area contributed by atoms with Crippen LogP contribution in [-0.4, -0.2) is 47.0 Å². The van der Waals surface area contributed by atoms with Crippen LogP contribution in [0.2, 0.25) is 5.02 Å². The van der Waals surface area contributed by atoms with Crippen molar-refractivity contribution in [2.75, 3.05) is 31.1 Å². The first-order valence-corrected chi connectivity index (χ1v) is 8.75. The molecular formula is C19H17ClN4O2. The van der Waals surface area contributed by atoms with Gasteiger partial charge in [0.25, 0.3) is 5.91 Å². The molecule has 1 aliphatic heterocycles. The molecule has 2 aromatic heterocycles. The smallest absolute Gasteiger partial charge is 0.289 e. The fourth-order valence-electron chi connectivity index (χ4n) is 2.94. The van der Waals surface area contributed by atoms with Crippen LogP contribution in [0.15, 0.2) is 59.3 Å². The fraction of sp³-hybridized carbons (Fsp3) is 0.211. The molecule has 1 amide bonds. The van der Waals surface area contributed by atoms with E-state index < -0.39 is 0 Å². The number of rotatable bonds is 3. The van der Waals surface area contributed by atoms with Gasteiger partial charge in [-0.1, -0.05) is 11.6 Å². The number of carbonyl (C=O) groups is 1. The number of hydrogen-bond donors (Lipinski definition) is 0. The average Bonchev–Trinajstić information content (AvgIpc) is 3.19. The van der Waals surface area contributed by atoms with E-state index in [4.69, 9.17) is 16.0 Å². The van der Waals surface area contributed by atoms with Crippen LogP contribution in [0.4, 0.5) is 5.95 Å². The van der Waals surface area contributed by atoms with Crippen molar-refractivity contribution < 1.29 is 9.21 Å². The minimum Gasteiger partial charge on any atom is -0.451 e. The summed E-state index contributed by atoms with van der Waals surface area (Å²) in [4.78, 5) is 25.1. The van der Waals surface area contributed by atoms with E-state index in [1.54, 1.807) is 41.6 Å². The van der Waals surface area contributed by atoms with Crippen molar-refractivity contribution in [1.82, 2.24) is 14.9 Å². The first-order chi connectivity index (χ1) is 12.7. The van der Waals surface area contributed by atoms with E-state index in [1.807, 2.05) is 18.2 Å². The third-order valence-corrected chi connectivity index (χ3v) is 4.60. The first kappa shape index (κ1) is 16.6. The van der Waals surface area contributed by atoms with Crippen LogP contribution >= 0.6 is 11.6 Å². The first-order valence-electron chi connectivity index (χ1n) is 8.38. The lowest BCUT2D eigenvalue weighted by Gasteiger charge is -2.34. The Labute approximate surface area is 156 Å². The van der Waals surface area contributed by atoms with Gasteiger partial charge in [-0.2, -0.15) is 0 Å². The van der Waals surface area contributed by atoms with E-state index in [0.717, 1.165) is 5.56 Å². The van der Waals surface area contributed by atoms with Gasteiger partial charge in [0.2, 0.25) is 5.95 Å². The molecule has 1 aliphatic rings. The summed E-state index contributed by atoms with van der Waals surface area (Å²) in [5.41, 5.74) is 0.888. The van der Waals surface area contributed by atoms with Crippen LogP contribution in [-0.2, 0) is 0 Å². The number of piperazine rings is 1. The van der Waals surface area contributed by atoms with Gasteiger partial charge in [-0.15, -0.1) is 0 Å². The molecule has 26 heavy (non-hydrogen) atoms. The van der Waals surface area contributed by atoms with E-state index in [2.05, 4.69) is 14.9 Å². The average molecular weight is 369 g/mol. The van der Waals surface area contributed by atoms with Gasteiger partial charge in [0, 0.05) is 49.2 Å². The Morgan fingerprint density at radius 1 is 0.962 bits per heavy atom. The van der Waals surface area contributed by atoms with Gasteiger partial charge in [0.1, 0.15) is 5.76 Å². The van der Waals surface area contributed by atoms with Crippen LogP contribution in [0.25, 0.3) is 11.3 Å². The molecule has 3 aromatic rings. The Morgan fingerprint density at radius 2 is 1.65 bits per heavy atom. The van der Waals surface area contributed by atoms with Crippen molar-refractivity contribution >= 4 is 23.5 Å². The number of carbonyl (C=O) groups excluding carboxylic acids is 1. The van der Waals surface area contributed by atoms with E-state index in [-0.39, 0.29) is 5.91 Å². The van der Waals surface area contributed by atoms with Crippen LogP contribution in [0.1, 0.15) is 10.6 Å². The normalized spacial score (nSPS) is 14.5. The summed E-state index contributed by atoms with van der Waals surface area (Å²) in [6.07, 6.45) is 3.45. The second-order valence-electron chi connectivity index (χ2n) is 6.00. The maximum Gasteiger partial charge on any atom is 0.289 e. The zero-order chi connectivity index (χ0) is 17.9. The number of benzene rings is 1. The highest BCUT2D eigenvalue weighted by molar-refractivity contribution is 6.30. The van der Waals surface area contributed by atoms with Crippen LogP contribution in [0.3, 0.4) is 0 Å². The number of halogens is 1. The highest BCUT2D eigenvalue weighted by Gasteiger charge is 2.25. The summed E-state index contributed by atoms with van der Waals surface area (Å²) in [5, 5.41) is 0.664. The monoisotopic (exact) mass is 368 g/mol. The van der Waals surface area contributed by atoms with Gasteiger partial charge in [-0.25, -0.2) is 9.97 Å². The topological polar surface area (TPSA) is 62.5 Å². The fourth-order valence-corrected chi connectivity index (χ4v) is 3.07. The molecule has 7 heteroatoms. The zero-order valence-corrected chi connectivity index (χ0v) is 14.8. The van der Waals surface area contributed by atoms with E-state index in [1.165, 1.54) is 0 Å². The zero-order valence-electron chi connectivity index (χ0n) is 14.0. The van der Waals surface area contributed by atoms with Gasteiger partial charge < -0.3 is 14.2 Å². The SMILES string of the molecule is O=C(c1ccc(-c2ccc(Cl)cc2)o1)N1CCN(c2ncccn2)CC1. The number of furan rings is 1. The third-order valence-electron chi connectivity index (χ3n) is 4.35. The predicted molar refractivity (Wildman–Crippen MR) is 99.3 cm³/mol. The summed E-state index contributed by atoms with van der Waals surface area (Å²) in [6, 6.07) is 12.7. The van der Waals surface area contributed by atoms with Crippen LogP contribution in [0.5, 0.6) is 0 Å². The molecular weight excluding hydrogens is 352 g/mol. The molecule has 132 valence electrons. The van der Waals surface area contributed by atoms with Gasteiger partial charge >= 0.3 is 0 Å². The molecule has 0 radical (unpaired) electrons. The summed E-state index contributed by atoms with van der Waals surface area (Å²) >= 11 is 5.91. The van der Waals surface area contributed by atoms with Crippen molar-refractivity contribution in [2.24, 2.45) is 0 Å². The van der Waals surface area contributed by atoms with Crippen molar-refractivity contribution in [2.45, 2.75) is 0 Å². The summed E-state index contributed by atoms with van der Waals surface area (Å²) in [7, 11) is 0. The molecule has 1 saturated heterocycles. The van der Waals surface area contributed by atoms with E-state index in [9.17, 15) is 4.79 Å². The lowest BCUT2D eigenvalue weighted by atomic mass is 10.2. The number of hydrogen-bond acceptors (Lipinski definition) is 5. The highest BCUT2D eigenvalue weighted by atomic mass is 35.5. The maximum atomic E-state index is 12.7. The molecule has 0 spiro atoms. The molecule has 0 N–H and O–H groups in total. The predicted octanol–water partition coefficient (Wildman–Crippen LogP) is 3.35. The quantitative estimate of drug-likeness (QED) is 0.709. The number of amides is 1. The molecule has 6 nitrogen and oxygen atoms in total. The molecule has 0 saturated carbocycles. The maximum absolute atomic E-state index is 12.7. The van der Waals surface area contributed by atoms with Crippen molar-refractivity contribution in [3.63, 3.8) is 0 Å². The van der Waals surface area contributed by atoms with Crippen molar-refractivity contribution in [1.29, 1.82) is 0 Å². The van der Waals surface area contributed by atoms with Gasteiger partial charge in [0.15, 0.2) is 5.76 Å². The number of anilines is 1. The molecule has 3 heterocycles. The molecule has 1 aromatic carbocycles. The van der Waals surface area contributed by atoms with Gasteiger partial charge in [0.05, 0.1) is 0 Å². The van der Waals surface area contributed by atoms with E-state index in [0.29, 0.717) is 48.7 Å². The Kier molecular flexibility index (Phi) is 4.58. The largest absolute Gasteiger partial charge is 0.451 e. The van der Waals surface area contributed by atoms with Crippen molar-refractivity contribution in [3.05, 3.63) is 65.6 Å². The Morgan fingerprint density at radius 3 is 2.35 bits per heavy atom. The van der Waals surface area contributed by atoms with Crippen LogP contribution in [0, 0.1) is 0 Å². The number of aromatic nitrogens is 2. The lowest BCUT2D eigenvalue weighted by Crippen LogP contribution is -2.49. The van der Waals surface area contributed by atoms with Gasteiger partial charge in [-0.05, 0) is 42.5 Å². The minimum atomic E-state index is -0.0983. The molecule has 0 aliphatic carbocycles. The Hall–Kier alpha value is -2.86. The van der Waals surface area contributed by atoms with Gasteiger partial charge in [-0.3, -0.25) is 4.79 Å². The molecule has 0 atom stereocenters. The standard InChI is InChI=1S/C19H17ClN4O2/c20-15-4-2-14(3-5-15)16-6-7-17(26-16)18(25)23-10-12-24(13-11-23)19-21-8-1-9-22-19/h1-9H,10-13H2. The third kappa shape index (κ3) is 3.41. The summed E-state index contributed by atoms with van der Waals surface area (Å²) in [6.45, 7) is 2.60. The lowest BCUT2D eigenvalue weighted by molar-refractivity contribution is 0.0715.